The summed E-state index contributed by atoms with van der Waals surface area (Å²) in [5.41, 5.74) is 1.24. The molecule has 0 saturated heterocycles. The summed E-state index contributed by atoms with van der Waals surface area (Å²) in [6.45, 7) is 0.262. The SMILES string of the molecule is O=c1[nH]c2ccc(S(=O)(=O)NCCCCc3ccccc3F)cc2[nH]1. The van der Waals surface area contributed by atoms with E-state index in [2.05, 4.69) is 14.7 Å². The maximum Gasteiger partial charge on any atom is 0.323 e. The fourth-order valence-corrected chi connectivity index (χ4v) is 3.71. The van der Waals surface area contributed by atoms with Gasteiger partial charge in [0.1, 0.15) is 5.82 Å². The predicted octanol–water partition coefficient (Wildman–Crippen LogP) is 2.30. The number of fused-ring (bicyclic) bond motifs is 1. The van der Waals surface area contributed by atoms with Gasteiger partial charge in [-0.25, -0.2) is 22.3 Å². The van der Waals surface area contributed by atoms with E-state index in [4.69, 9.17) is 0 Å². The summed E-state index contributed by atoms with van der Waals surface area (Å²) in [6, 6.07) is 11.0. The van der Waals surface area contributed by atoms with Crippen LogP contribution < -0.4 is 10.4 Å². The van der Waals surface area contributed by atoms with E-state index in [0.29, 0.717) is 35.9 Å². The van der Waals surface area contributed by atoms with E-state index in [1.54, 1.807) is 24.3 Å². The lowest BCUT2D eigenvalue weighted by Crippen LogP contribution is -2.24. The number of imidazole rings is 1. The van der Waals surface area contributed by atoms with Gasteiger partial charge in [-0.15, -0.1) is 0 Å². The van der Waals surface area contributed by atoms with Crippen molar-refractivity contribution in [3.05, 3.63) is 64.3 Å². The zero-order valence-corrected chi connectivity index (χ0v) is 14.2. The largest absolute Gasteiger partial charge is 0.323 e. The van der Waals surface area contributed by atoms with Crippen molar-refractivity contribution < 1.29 is 12.8 Å². The number of unbranched alkanes of at least 4 members (excludes halogenated alkanes) is 1. The summed E-state index contributed by atoms with van der Waals surface area (Å²) >= 11 is 0. The van der Waals surface area contributed by atoms with E-state index < -0.39 is 10.0 Å². The lowest BCUT2D eigenvalue weighted by Gasteiger charge is -2.07. The van der Waals surface area contributed by atoms with Crippen LogP contribution in [0.3, 0.4) is 0 Å². The Labute approximate surface area is 144 Å². The molecule has 0 aliphatic rings. The molecule has 25 heavy (non-hydrogen) atoms. The molecule has 8 heteroatoms. The Morgan fingerprint density at radius 1 is 1.00 bits per heavy atom. The normalized spacial score (nSPS) is 11.9. The summed E-state index contributed by atoms with van der Waals surface area (Å²) in [4.78, 5) is 16.4. The van der Waals surface area contributed by atoms with Crippen molar-refractivity contribution in [3.63, 3.8) is 0 Å². The van der Waals surface area contributed by atoms with Crippen molar-refractivity contribution in [3.8, 4) is 0 Å². The fraction of sp³-hybridized carbons (Fsp3) is 0.235. The Bertz CT molecular complexity index is 1040. The summed E-state index contributed by atoms with van der Waals surface area (Å²) in [5.74, 6) is -0.239. The highest BCUT2D eigenvalue weighted by atomic mass is 32.2. The Hall–Kier alpha value is -2.45. The molecule has 3 rings (SSSR count). The van der Waals surface area contributed by atoms with Gasteiger partial charge in [0.25, 0.3) is 0 Å². The second kappa shape index (κ2) is 7.20. The molecule has 0 bridgehead atoms. The van der Waals surface area contributed by atoms with Gasteiger partial charge >= 0.3 is 5.69 Å². The van der Waals surface area contributed by atoms with Crippen LogP contribution >= 0.6 is 0 Å². The van der Waals surface area contributed by atoms with Gasteiger partial charge < -0.3 is 9.97 Å². The maximum atomic E-state index is 13.5. The number of benzene rings is 2. The van der Waals surface area contributed by atoms with Crippen LogP contribution in [0, 0.1) is 5.82 Å². The minimum Gasteiger partial charge on any atom is -0.306 e. The molecular weight excluding hydrogens is 345 g/mol. The third-order valence-electron chi connectivity index (χ3n) is 3.92. The molecule has 0 radical (unpaired) electrons. The number of sulfonamides is 1. The molecule has 0 aliphatic heterocycles. The number of hydrogen-bond acceptors (Lipinski definition) is 3. The molecular formula is C17H18FN3O3S. The molecule has 3 N–H and O–H groups in total. The third-order valence-corrected chi connectivity index (χ3v) is 5.38. The molecule has 0 amide bonds. The number of rotatable bonds is 7. The van der Waals surface area contributed by atoms with E-state index in [1.807, 2.05) is 0 Å². The van der Waals surface area contributed by atoms with Crippen LogP contribution in [0.1, 0.15) is 18.4 Å². The minimum atomic E-state index is -3.66. The van der Waals surface area contributed by atoms with Gasteiger partial charge in [-0.3, -0.25) is 0 Å². The van der Waals surface area contributed by atoms with E-state index in [-0.39, 0.29) is 22.9 Å². The number of aryl methyl sites for hydroxylation is 1. The minimum absolute atomic E-state index is 0.0874. The first-order chi connectivity index (χ1) is 12.0. The highest BCUT2D eigenvalue weighted by Crippen LogP contribution is 2.15. The zero-order chi connectivity index (χ0) is 17.9. The van der Waals surface area contributed by atoms with Crippen LogP contribution in [0.2, 0.25) is 0 Å². The van der Waals surface area contributed by atoms with Crippen LogP contribution in [0.25, 0.3) is 11.0 Å². The third kappa shape index (κ3) is 4.15. The van der Waals surface area contributed by atoms with Crippen molar-refractivity contribution in [1.29, 1.82) is 0 Å². The fourth-order valence-electron chi connectivity index (χ4n) is 2.61. The molecule has 132 valence electrons. The van der Waals surface area contributed by atoms with Gasteiger partial charge in [0.2, 0.25) is 10.0 Å². The molecule has 0 fully saturated rings. The lowest BCUT2D eigenvalue weighted by molar-refractivity contribution is 0.573. The molecule has 0 atom stereocenters. The number of H-pyrrole nitrogens is 2. The smallest absolute Gasteiger partial charge is 0.306 e. The van der Waals surface area contributed by atoms with Crippen LogP contribution in [0.4, 0.5) is 4.39 Å². The van der Waals surface area contributed by atoms with Gasteiger partial charge in [0.15, 0.2) is 0 Å². The molecule has 2 aromatic carbocycles. The summed E-state index contributed by atoms with van der Waals surface area (Å²) < 4.78 is 40.6. The van der Waals surface area contributed by atoms with Gasteiger partial charge in [-0.2, -0.15) is 0 Å². The second-order valence-corrected chi connectivity index (χ2v) is 7.50. The summed E-state index contributed by atoms with van der Waals surface area (Å²) in [7, 11) is -3.66. The van der Waals surface area contributed by atoms with Gasteiger partial charge in [-0.05, 0) is 49.1 Å². The van der Waals surface area contributed by atoms with Crippen LogP contribution in [-0.2, 0) is 16.4 Å². The number of nitrogens with one attached hydrogen (secondary N) is 3. The predicted molar refractivity (Wildman–Crippen MR) is 93.4 cm³/mol. The number of aromatic amines is 2. The number of halogens is 1. The Kier molecular flexibility index (Phi) is 5.00. The van der Waals surface area contributed by atoms with E-state index in [0.717, 1.165) is 0 Å². The van der Waals surface area contributed by atoms with Gasteiger partial charge in [-0.1, -0.05) is 18.2 Å². The molecule has 0 spiro atoms. The standard InChI is InChI=1S/C17H18FN3O3S/c18-14-7-2-1-5-12(14)6-3-4-10-19-25(23,24)13-8-9-15-16(11-13)21-17(22)20-15/h1-2,5,7-9,11,19H,3-4,6,10H2,(H2,20,21,22). The summed E-state index contributed by atoms with van der Waals surface area (Å²) in [5, 5.41) is 0. The Balaban J connectivity index is 1.56. The van der Waals surface area contributed by atoms with E-state index in [9.17, 15) is 17.6 Å². The molecule has 6 nitrogen and oxygen atoms in total. The van der Waals surface area contributed by atoms with Crippen molar-refractivity contribution in [2.75, 3.05) is 6.54 Å². The Morgan fingerprint density at radius 3 is 2.56 bits per heavy atom. The molecule has 1 heterocycles. The van der Waals surface area contributed by atoms with E-state index in [1.165, 1.54) is 18.2 Å². The molecule has 0 saturated carbocycles. The molecule has 0 unspecified atom stereocenters. The van der Waals surface area contributed by atoms with E-state index >= 15 is 0 Å². The molecule has 0 aliphatic carbocycles. The van der Waals surface area contributed by atoms with Gasteiger partial charge in [0, 0.05) is 6.54 Å². The second-order valence-electron chi connectivity index (χ2n) is 5.73. The number of hydrogen-bond donors (Lipinski definition) is 3. The lowest BCUT2D eigenvalue weighted by atomic mass is 10.1. The van der Waals surface area contributed by atoms with Crippen LogP contribution in [0.15, 0.2) is 52.2 Å². The molecule has 1 aromatic heterocycles. The van der Waals surface area contributed by atoms with Crippen LogP contribution in [-0.4, -0.2) is 24.9 Å². The average Bonchev–Trinajstić information content (AvgIpc) is 2.95. The van der Waals surface area contributed by atoms with Crippen LogP contribution in [0.5, 0.6) is 0 Å². The topological polar surface area (TPSA) is 94.8 Å². The number of aromatic nitrogens is 2. The average molecular weight is 363 g/mol. The first-order valence-corrected chi connectivity index (χ1v) is 9.39. The molecule has 3 aromatic rings. The van der Waals surface area contributed by atoms with Crippen molar-refractivity contribution in [1.82, 2.24) is 14.7 Å². The monoisotopic (exact) mass is 363 g/mol. The quantitative estimate of drug-likeness (QED) is 0.562. The van der Waals surface area contributed by atoms with Gasteiger partial charge in [0.05, 0.1) is 15.9 Å². The van der Waals surface area contributed by atoms with Crippen molar-refractivity contribution in [2.45, 2.75) is 24.2 Å². The van der Waals surface area contributed by atoms with Crippen molar-refractivity contribution >= 4 is 21.1 Å². The first kappa shape index (κ1) is 17.4. The Morgan fingerprint density at radius 2 is 1.76 bits per heavy atom. The van der Waals surface area contributed by atoms with Crippen molar-refractivity contribution in [2.24, 2.45) is 0 Å². The zero-order valence-electron chi connectivity index (χ0n) is 13.4. The highest BCUT2D eigenvalue weighted by molar-refractivity contribution is 7.89. The highest BCUT2D eigenvalue weighted by Gasteiger charge is 2.14. The first-order valence-electron chi connectivity index (χ1n) is 7.91. The maximum absolute atomic E-state index is 13.5. The summed E-state index contributed by atoms with van der Waals surface area (Å²) in [6.07, 6.45) is 1.83.